The van der Waals surface area contributed by atoms with Gasteiger partial charge in [-0.15, -0.1) is 0 Å². The number of alkyl halides is 3. The summed E-state index contributed by atoms with van der Waals surface area (Å²) in [4.78, 5) is 4.16. The van der Waals surface area contributed by atoms with Crippen LogP contribution in [0.25, 0.3) is 0 Å². The molecule has 0 aliphatic heterocycles. The first-order chi connectivity index (χ1) is 8.48. The number of rotatable bonds is 7. The maximum Gasteiger partial charge on any atom is 0.411 e. The van der Waals surface area contributed by atoms with Crippen molar-refractivity contribution in [2.45, 2.75) is 32.6 Å². The maximum atomic E-state index is 12.0. The van der Waals surface area contributed by atoms with E-state index in [1.165, 1.54) is 0 Å². The molecule has 0 radical (unpaired) electrons. The van der Waals surface area contributed by atoms with E-state index in [0.29, 0.717) is 12.4 Å². The van der Waals surface area contributed by atoms with Crippen LogP contribution in [0.4, 0.5) is 13.2 Å². The van der Waals surface area contributed by atoms with Gasteiger partial charge in [0.15, 0.2) is 0 Å². The molecular formula is C11H18F3N3O. The number of likely N-dealkylation sites (N-methyl/N-ethyl adjacent to an activating group) is 1. The first-order valence-corrected chi connectivity index (χ1v) is 5.86. The summed E-state index contributed by atoms with van der Waals surface area (Å²) >= 11 is 0. The first kappa shape index (κ1) is 15.0. The van der Waals surface area contributed by atoms with Gasteiger partial charge in [0, 0.05) is 18.9 Å². The lowest BCUT2D eigenvalue weighted by atomic mass is 10.3. The standard InChI is InChI=1S/C11H18F3N3O/c1-3-15-9(7-18-8-11(12,13)14)10-16-5-6-17(10)4-2/h5-6,9,15H,3-4,7-8H2,1-2H3. The van der Waals surface area contributed by atoms with Crippen molar-refractivity contribution >= 4 is 0 Å². The Hall–Kier alpha value is -1.08. The molecule has 0 amide bonds. The van der Waals surface area contributed by atoms with Crippen LogP contribution in [0.2, 0.25) is 0 Å². The van der Waals surface area contributed by atoms with Gasteiger partial charge in [-0.05, 0) is 13.5 Å². The predicted molar refractivity (Wildman–Crippen MR) is 61.2 cm³/mol. The van der Waals surface area contributed by atoms with Crippen LogP contribution in [-0.2, 0) is 11.3 Å². The van der Waals surface area contributed by atoms with E-state index in [-0.39, 0.29) is 12.6 Å². The third-order valence-corrected chi connectivity index (χ3v) is 2.40. The van der Waals surface area contributed by atoms with Gasteiger partial charge in [0.05, 0.1) is 12.6 Å². The van der Waals surface area contributed by atoms with E-state index in [9.17, 15) is 13.2 Å². The second-order valence-corrected chi connectivity index (χ2v) is 3.81. The molecule has 0 bridgehead atoms. The quantitative estimate of drug-likeness (QED) is 0.821. The summed E-state index contributed by atoms with van der Waals surface area (Å²) in [5.41, 5.74) is 0. The Morgan fingerprint density at radius 2 is 2.17 bits per heavy atom. The van der Waals surface area contributed by atoms with E-state index >= 15 is 0 Å². The van der Waals surface area contributed by atoms with Gasteiger partial charge >= 0.3 is 6.18 Å². The zero-order chi connectivity index (χ0) is 13.6. The van der Waals surface area contributed by atoms with Crippen molar-refractivity contribution in [2.24, 2.45) is 0 Å². The van der Waals surface area contributed by atoms with Gasteiger partial charge in [-0.2, -0.15) is 13.2 Å². The number of nitrogens with one attached hydrogen (secondary N) is 1. The van der Waals surface area contributed by atoms with Crippen LogP contribution in [-0.4, -0.2) is 35.5 Å². The number of hydrogen-bond acceptors (Lipinski definition) is 3. The minimum atomic E-state index is -4.29. The number of hydrogen-bond donors (Lipinski definition) is 1. The topological polar surface area (TPSA) is 39.1 Å². The molecule has 18 heavy (non-hydrogen) atoms. The average molecular weight is 265 g/mol. The molecule has 4 nitrogen and oxygen atoms in total. The van der Waals surface area contributed by atoms with E-state index in [1.807, 2.05) is 18.4 Å². The summed E-state index contributed by atoms with van der Waals surface area (Å²) in [7, 11) is 0. The molecule has 1 heterocycles. The van der Waals surface area contributed by atoms with Crippen molar-refractivity contribution in [3.05, 3.63) is 18.2 Å². The van der Waals surface area contributed by atoms with E-state index in [2.05, 4.69) is 10.3 Å². The summed E-state index contributed by atoms with van der Waals surface area (Å²) in [6.07, 6.45) is -0.868. The number of nitrogens with zero attached hydrogens (tertiary/aromatic N) is 2. The minimum Gasteiger partial charge on any atom is -0.370 e. The second kappa shape index (κ2) is 6.75. The van der Waals surface area contributed by atoms with E-state index in [0.717, 1.165) is 6.54 Å². The zero-order valence-electron chi connectivity index (χ0n) is 10.5. The van der Waals surface area contributed by atoms with Gasteiger partial charge in [0.25, 0.3) is 0 Å². The van der Waals surface area contributed by atoms with E-state index < -0.39 is 12.8 Å². The summed E-state index contributed by atoms with van der Waals surface area (Å²) in [6, 6.07) is -0.327. The smallest absolute Gasteiger partial charge is 0.370 e. The van der Waals surface area contributed by atoms with E-state index in [1.54, 1.807) is 12.4 Å². The molecule has 1 atom stereocenters. The SMILES string of the molecule is CCNC(COCC(F)(F)F)c1nccn1CC. The normalized spacial score (nSPS) is 13.8. The monoisotopic (exact) mass is 265 g/mol. The van der Waals surface area contributed by atoms with Crippen molar-refractivity contribution in [3.8, 4) is 0 Å². The lowest BCUT2D eigenvalue weighted by Gasteiger charge is -2.19. The number of aromatic nitrogens is 2. The Morgan fingerprint density at radius 1 is 1.44 bits per heavy atom. The highest BCUT2D eigenvalue weighted by Crippen LogP contribution is 2.17. The number of imidazole rings is 1. The predicted octanol–water partition coefficient (Wildman–Crippen LogP) is 2.13. The number of halogens is 3. The largest absolute Gasteiger partial charge is 0.411 e. The summed E-state index contributed by atoms with van der Waals surface area (Å²) in [6.45, 7) is 3.90. The molecule has 0 saturated carbocycles. The molecule has 1 unspecified atom stereocenters. The highest BCUT2D eigenvalue weighted by Gasteiger charge is 2.28. The van der Waals surface area contributed by atoms with Crippen LogP contribution >= 0.6 is 0 Å². The number of aryl methyl sites for hydroxylation is 1. The molecule has 104 valence electrons. The lowest BCUT2D eigenvalue weighted by molar-refractivity contribution is -0.175. The highest BCUT2D eigenvalue weighted by molar-refractivity contribution is 4.99. The molecule has 0 aromatic carbocycles. The zero-order valence-corrected chi connectivity index (χ0v) is 10.5. The highest BCUT2D eigenvalue weighted by atomic mass is 19.4. The molecule has 7 heteroatoms. The molecule has 1 aromatic heterocycles. The second-order valence-electron chi connectivity index (χ2n) is 3.81. The molecule has 0 aliphatic carbocycles. The fourth-order valence-corrected chi connectivity index (χ4v) is 1.66. The van der Waals surface area contributed by atoms with E-state index in [4.69, 9.17) is 4.74 Å². The average Bonchev–Trinajstić information content (AvgIpc) is 2.74. The minimum absolute atomic E-state index is 0.0512. The fourth-order valence-electron chi connectivity index (χ4n) is 1.66. The molecule has 0 fully saturated rings. The third-order valence-electron chi connectivity index (χ3n) is 2.40. The third kappa shape index (κ3) is 4.66. The van der Waals surface area contributed by atoms with Crippen molar-refractivity contribution in [3.63, 3.8) is 0 Å². The van der Waals surface area contributed by atoms with Gasteiger partial charge in [-0.25, -0.2) is 4.98 Å². The Kier molecular flexibility index (Phi) is 5.61. The maximum absolute atomic E-state index is 12.0. The summed E-state index contributed by atoms with van der Waals surface area (Å²) in [5, 5.41) is 3.07. The van der Waals surface area contributed by atoms with Crippen molar-refractivity contribution in [1.82, 2.24) is 14.9 Å². The Labute approximate surface area is 104 Å². The van der Waals surface area contributed by atoms with Crippen LogP contribution in [0.15, 0.2) is 12.4 Å². The van der Waals surface area contributed by atoms with Gasteiger partial charge in [-0.3, -0.25) is 0 Å². The Morgan fingerprint density at radius 3 is 2.72 bits per heavy atom. The molecule has 1 aromatic rings. The number of ether oxygens (including phenoxy) is 1. The van der Waals surface area contributed by atoms with Crippen LogP contribution in [0.1, 0.15) is 25.7 Å². The molecule has 1 rings (SSSR count). The Balaban J connectivity index is 2.60. The van der Waals surface area contributed by atoms with Gasteiger partial charge in [-0.1, -0.05) is 6.92 Å². The van der Waals surface area contributed by atoms with Crippen LogP contribution < -0.4 is 5.32 Å². The van der Waals surface area contributed by atoms with Gasteiger partial charge in [0.1, 0.15) is 12.4 Å². The Bertz CT molecular complexity index is 352. The molecule has 0 spiro atoms. The van der Waals surface area contributed by atoms with Crippen LogP contribution in [0, 0.1) is 0 Å². The first-order valence-electron chi connectivity index (χ1n) is 5.86. The van der Waals surface area contributed by atoms with Crippen LogP contribution in [0.3, 0.4) is 0 Å². The van der Waals surface area contributed by atoms with Crippen LogP contribution in [0.5, 0.6) is 0 Å². The molecule has 1 N–H and O–H groups in total. The van der Waals surface area contributed by atoms with Gasteiger partial charge in [0.2, 0.25) is 0 Å². The van der Waals surface area contributed by atoms with Gasteiger partial charge < -0.3 is 14.6 Å². The molecule has 0 aliphatic rings. The lowest BCUT2D eigenvalue weighted by Crippen LogP contribution is -2.30. The fraction of sp³-hybridized carbons (Fsp3) is 0.727. The summed E-state index contributed by atoms with van der Waals surface area (Å²) in [5.74, 6) is 0.696. The molecule has 0 saturated heterocycles. The summed E-state index contributed by atoms with van der Waals surface area (Å²) < 4.78 is 42.6. The van der Waals surface area contributed by atoms with Crippen molar-refractivity contribution in [1.29, 1.82) is 0 Å². The van der Waals surface area contributed by atoms with Crippen molar-refractivity contribution in [2.75, 3.05) is 19.8 Å². The molecular weight excluding hydrogens is 247 g/mol. The van der Waals surface area contributed by atoms with Crippen molar-refractivity contribution < 1.29 is 17.9 Å².